The Morgan fingerprint density at radius 3 is 2.87 bits per heavy atom. The van der Waals surface area contributed by atoms with Gasteiger partial charge in [0.15, 0.2) is 5.65 Å². The molecule has 3 aromatic rings. The summed E-state index contributed by atoms with van der Waals surface area (Å²) in [6.07, 6.45) is 5.13. The smallest absolute Gasteiger partial charge is 0.321 e. The molecule has 1 aromatic carbocycles. The standard InChI is InChI=1S/C22H24N8O/c1-14-13-29(22(31)25-17-7-6-15-4-3-5-16(15)10-17)8-9-30(14)21-18-12-24-28(2)20(18)26-19(11-23)27-21/h6-7,10,12,14H,3-5,8-9,13H2,1-2H3,(H,25,31)/t14-/m0/s1. The van der Waals surface area contributed by atoms with Crippen molar-refractivity contribution in [1.29, 1.82) is 5.26 Å². The Hall–Kier alpha value is -3.67. The van der Waals surface area contributed by atoms with Crippen LogP contribution in [0.15, 0.2) is 24.4 Å². The minimum absolute atomic E-state index is 0.0318. The van der Waals surface area contributed by atoms with Crippen molar-refractivity contribution < 1.29 is 4.79 Å². The molecule has 2 aliphatic rings. The largest absolute Gasteiger partial charge is 0.350 e. The van der Waals surface area contributed by atoms with Crippen molar-refractivity contribution in [1.82, 2.24) is 24.6 Å². The highest BCUT2D eigenvalue weighted by Crippen LogP contribution is 2.28. The molecule has 3 heterocycles. The van der Waals surface area contributed by atoms with Gasteiger partial charge in [-0.2, -0.15) is 15.3 Å². The molecule has 1 aliphatic heterocycles. The SMILES string of the molecule is C[C@H]1CN(C(=O)Nc2ccc3c(c2)CCC3)CCN1c1nc(C#N)nc2c1cnn2C. The molecule has 0 spiro atoms. The van der Waals surface area contributed by atoms with E-state index in [2.05, 4.69) is 44.3 Å². The molecule has 1 saturated heterocycles. The van der Waals surface area contributed by atoms with Gasteiger partial charge in [0.05, 0.1) is 11.6 Å². The van der Waals surface area contributed by atoms with Gasteiger partial charge in [0.2, 0.25) is 5.82 Å². The monoisotopic (exact) mass is 416 g/mol. The molecule has 1 fully saturated rings. The number of nitrogens with one attached hydrogen (secondary N) is 1. The van der Waals surface area contributed by atoms with Gasteiger partial charge in [-0.15, -0.1) is 0 Å². The van der Waals surface area contributed by atoms with Crippen LogP contribution >= 0.6 is 0 Å². The first-order valence-corrected chi connectivity index (χ1v) is 10.6. The summed E-state index contributed by atoms with van der Waals surface area (Å²) in [5.41, 5.74) is 4.22. The number of fused-ring (bicyclic) bond motifs is 2. The van der Waals surface area contributed by atoms with E-state index in [-0.39, 0.29) is 17.9 Å². The number of hydrogen-bond donors (Lipinski definition) is 1. The second kappa shape index (κ2) is 7.54. The molecule has 0 unspecified atom stereocenters. The number of anilines is 2. The number of amides is 2. The third kappa shape index (κ3) is 3.44. The van der Waals surface area contributed by atoms with Gasteiger partial charge in [-0.1, -0.05) is 6.07 Å². The summed E-state index contributed by atoms with van der Waals surface area (Å²) < 4.78 is 1.65. The molecule has 1 N–H and O–H groups in total. The lowest BCUT2D eigenvalue weighted by Gasteiger charge is -2.40. The lowest BCUT2D eigenvalue weighted by molar-refractivity contribution is 0.200. The lowest BCUT2D eigenvalue weighted by atomic mass is 10.1. The van der Waals surface area contributed by atoms with Crippen LogP contribution in [0.4, 0.5) is 16.3 Å². The molecule has 9 nitrogen and oxygen atoms in total. The molecule has 2 amide bonds. The summed E-state index contributed by atoms with van der Waals surface area (Å²) in [4.78, 5) is 25.6. The lowest BCUT2D eigenvalue weighted by Crippen LogP contribution is -2.55. The van der Waals surface area contributed by atoms with Crippen LogP contribution in [0.5, 0.6) is 0 Å². The summed E-state index contributed by atoms with van der Waals surface area (Å²) in [7, 11) is 1.80. The van der Waals surface area contributed by atoms with E-state index in [0.717, 1.165) is 23.9 Å². The fourth-order valence-corrected chi connectivity index (χ4v) is 4.59. The number of aryl methyl sites for hydroxylation is 3. The maximum atomic E-state index is 12.9. The Morgan fingerprint density at radius 2 is 2.06 bits per heavy atom. The first-order chi connectivity index (χ1) is 15.0. The van der Waals surface area contributed by atoms with E-state index < -0.39 is 0 Å². The summed E-state index contributed by atoms with van der Waals surface area (Å²) in [6, 6.07) is 8.20. The van der Waals surface area contributed by atoms with Crippen LogP contribution in [0, 0.1) is 11.3 Å². The van der Waals surface area contributed by atoms with Crippen molar-refractivity contribution in [3.63, 3.8) is 0 Å². The minimum atomic E-state index is -0.0867. The average Bonchev–Trinajstić information content (AvgIpc) is 3.39. The number of nitrogens with zero attached hydrogens (tertiary/aromatic N) is 7. The van der Waals surface area contributed by atoms with Crippen molar-refractivity contribution in [3.05, 3.63) is 41.3 Å². The molecule has 2 aromatic heterocycles. The van der Waals surface area contributed by atoms with Crippen LogP contribution in [-0.2, 0) is 19.9 Å². The van der Waals surface area contributed by atoms with E-state index in [1.807, 2.05) is 17.0 Å². The molecule has 0 bridgehead atoms. The third-order valence-corrected chi connectivity index (χ3v) is 6.21. The molecule has 0 radical (unpaired) electrons. The van der Waals surface area contributed by atoms with Crippen molar-refractivity contribution in [2.24, 2.45) is 7.05 Å². The molecule has 1 atom stereocenters. The number of carbonyl (C=O) groups is 1. The zero-order chi connectivity index (χ0) is 21.5. The van der Waals surface area contributed by atoms with Gasteiger partial charge in [-0.3, -0.25) is 4.68 Å². The molecular formula is C22H24N8O. The van der Waals surface area contributed by atoms with E-state index in [1.165, 1.54) is 17.5 Å². The highest BCUT2D eigenvalue weighted by Gasteiger charge is 2.30. The quantitative estimate of drug-likeness (QED) is 0.688. The first kappa shape index (κ1) is 19.3. The highest BCUT2D eigenvalue weighted by atomic mass is 16.2. The average molecular weight is 416 g/mol. The van der Waals surface area contributed by atoms with Crippen LogP contribution in [0.2, 0.25) is 0 Å². The van der Waals surface area contributed by atoms with Crippen molar-refractivity contribution in [2.75, 3.05) is 29.9 Å². The number of benzene rings is 1. The Morgan fingerprint density at radius 1 is 1.23 bits per heavy atom. The number of aromatic nitrogens is 4. The maximum absolute atomic E-state index is 12.9. The molecule has 1 aliphatic carbocycles. The van der Waals surface area contributed by atoms with Gasteiger partial charge in [0.25, 0.3) is 0 Å². The van der Waals surface area contributed by atoms with E-state index in [0.29, 0.717) is 31.1 Å². The van der Waals surface area contributed by atoms with Gasteiger partial charge >= 0.3 is 6.03 Å². The van der Waals surface area contributed by atoms with E-state index in [9.17, 15) is 10.1 Å². The second-order valence-corrected chi connectivity index (χ2v) is 8.24. The summed E-state index contributed by atoms with van der Waals surface area (Å²) in [5, 5.41) is 17.5. The van der Waals surface area contributed by atoms with E-state index in [1.54, 1.807) is 17.9 Å². The Balaban J connectivity index is 1.32. The van der Waals surface area contributed by atoms with E-state index >= 15 is 0 Å². The maximum Gasteiger partial charge on any atom is 0.321 e. The third-order valence-electron chi connectivity index (χ3n) is 6.21. The van der Waals surface area contributed by atoms with Crippen LogP contribution in [0.1, 0.15) is 30.3 Å². The summed E-state index contributed by atoms with van der Waals surface area (Å²) in [5.74, 6) is 0.816. The van der Waals surface area contributed by atoms with Crippen molar-refractivity contribution >= 4 is 28.6 Å². The molecule has 0 saturated carbocycles. The molecule has 5 rings (SSSR count). The summed E-state index contributed by atoms with van der Waals surface area (Å²) >= 11 is 0. The summed E-state index contributed by atoms with van der Waals surface area (Å²) in [6.45, 7) is 3.80. The van der Waals surface area contributed by atoms with Crippen LogP contribution in [-0.4, -0.2) is 56.4 Å². The molecule has 158 valence electrons. The zero-order valence-electron chi connectivity index (χ0n) is 17.7. The number of rotatable bonds is 2. The van der Waals surface area contributed by atoms with Gasteiger partial charge in [-0.25, -0.2) is 9.78 Å². The van der Waals surface area contributed by atoms with Crippen molar-refractivity contribution in [2.45, 2.75) is 32.2 Å². The van der Waals surface area contributed by atoms with Crippen LogP contribution in [0.3, 0.4) is 0 Å². The van der Waals surface area contributed by atoms with Crippen LogP contribution in [0.25, 0.3) is 11.0 Å². The highest BCUT2D eigenvalue weighted by molar-refractivity contribution is 5.90. The zero-order valence-corrected chi connectivity index (χ0v) is 17.7. The van der Waals surface area contributed by atoms with Gasteiger partial charge in [-0.05, 0) is 49.4 Å². The van der Waals surface area contributed by atoms with Gasteiger partial charge in [0, 0.05) is 38.4 Å². The van der Waals surface area contributed by atoms with E-state index in [4.69, 9.17) is 0 Å². The predicted octanol–water partition coefficient (Wildman–Crippen LogP) is 2.47. The topological polar surface area (TPSA) is 103 Å². The number of urea groups is 1. The predicted molar refractivity (Wildman–Crippen MR) is 117 cm³/mol. The Bertz CT molecular complexity index is 1210. The molecule has 31 heavy (non-hydrogen) atoms. The van der Waals surface area contributed by atoms with Crippen LogP contribution < -0.4 is 10.2 Å². The molecular weight excluding hydrogens is 392 g/mol. The minimum Gasteiger partial charge on any atom is -0.350 e. The fraction of sp³-hybridized carbons (Fsp3) is 0.409. The first-order valence-electron chi connectivity index (χ1n) is 10.6. The van der Waals surface area contributed by atoms with Gasteiger partial charge in [0.1, 0.15) is 11.9 Å². The number of nitriles is 1. The van der Waals surface area contributed by atoms with Crippen molar-refractivity contribution in [3.8, 4) is 6.07 Å². The fourth-order valence-electron chi connectivity index (χ4n) is 4.59. The number of hydrogen-bond acceptors (Lipinski definition) is 6. The number of carbonyl (C=O) groups excluding carboxylic acids is 1. The molecule has 9 heteroatoms. The Kier molecular flexibility index (Phi) is 4.70. The van der Waals surface area contributed by atoms with Gasteiger partial charge < -0.3 is 15.1 Å². The normalized spacial score (nSPS) is 18.2. The Labute approximate surface area is 180 Å². The number of piperazine rings is 1. The second-order valence-electron chi connectivity index (χ2n) is 8.24.